The van der Waals surface area contributed by atoms with Crippen LogP contribution >= 0.6 is 0 Å². The molecule has 0 radical (unpaired) electrons. The van der Waals surface area contributed by atoms with Gasteiger partial charge in [-0.3, -0.25) is 0 Å². The lowest BCUT2D eigenvalue weighted by Crippen LogP contribution is -2.36. The summed E-state index contributed by atoms with van der Waals surface area (Å²) in [7, 11) is 0. The molecule has 0 spiro atoms. The zero-order valence-corrected chi connectivity index (χ0v) is 19.0. The molecule has 3 aliphatic rings. The van der Waals surface area contributed by atoms with Gasteiger partial charge in [0.2, 0.25) is 0 Å². The number of rotatable bonds is 6. The molecule has 1 heteroatoms. The quantitative estimate of drug-likeness (QED) is 0.499. The van der Waals surface area contributed by atoms with Crippen molar-refractivity contribution in [2.24, 2.45) is 29.1 Å². The Bertz CT molecular complexity index is 610. The summed E-state index contributed by atoms with van der Waals surface area (Å²) < 4.78 is 0. The Balaban J connectivity index is 1.70. The minimum absolute atomic E-state index is 0.172. The van der Waals surface area contributed by atoms with Crippen LogP contribution in [0.2, 0.25) is 0 Å². The van der Waals surface area contributed by atoms with E-state index in [1.807, 2.05) is 0 Å². The van der Waals surface area contributed by atoms with Crippen molar-refractivity contribution in [1.29, 1.82) is 0 Å². The van der Waals surface area contributed by atoms with E-state index < -0.39 is 0 Å². The van der Waals surface area contributed by atoms with Gasteiger partial charge in [-0.25, -0.2) is 0 Å². The van der Waals surface area contributed by atoms with Crippen molar-refractivity contribution in [2.75, 3.05) is 0 Å². The second kappa shape index (κ2) is 9.33. The minimum atomic E-state index is -0.172. The first-order chi connectivity index (χ1) is 13.3. The fourth-order valence-corrected chi connectivity index (χ4v) is 6.66. The van der Waals surface area contributed by atoms with Crippen molar-refractivity contribution in [3.05, 3.63) is 35.5 Å². The third-order valence-corrected chi connectivity index (χ3v) is 8.35. The van der Waals surface area contributed by atoms with Crippen LogP contribution in [0.5, 0.6) is 0 Å². The average Bonchev–Trinajstić information content (AvgIpc) is 2.99. The molecular formula is C27H44O. The van der Waals surface area contributed by atoms with Gasteiger partial charge < -0.3 is 5.11 Å². The van der Waals surface area contributed by atoms with Crippen LogP contribution < -0.4 is 0 Å². The minimum Gasteiger partial charge on any atom is -0.393 e. The van der Waals surface area contributed by atoms with Gasteiger partial charge in [0.15, 0.2) is 0 Å². The highest BCUT2D eigenvalue weighted by molar-refractivity contribution is 5.36. The van der Waals surface area contributed by atoms with E-state index in [-0.39, 0.29) is 6.10 Å². The lowest BCUT2D eigenvalue weighted by atomic mass is 9.60. The van der Waals surface area contributed by atoms with Gasteiger partial charge in [-0.1, -0.05) is 76.8 Å². The standard InChI is InChI=1S/C27H44O/c1-19(2)8-6-9-21(4)25-15-16-26-22(10-7-17-27(25,26)5)12-13-23-18-24(28)14-11-20(23)3/h12-13,19,21,24-26,28H,3,6-11,14-18H2,1-2,4-5H3/t21?,24-,25?,26?,27?/m1/s1. The molecule has 0 aromatic rings. The molecule has 3 rings (SSSR count). The third kappa shape index (κ3) is 4.84. The summed E-state index contributed by atoms with van der Waals surface area (Å²) in [6.45, 7) is 14.1. The highest BCUT2D eigenvalue weighted by Gasteiger charge is 2.50. The Morgan fingerprint density at radius 1 is 1.11 bits per heavy atom. The van der Waals surface area contributed by atoms with E-state index in [2.05, 4.69) is 46.4 Å². The van der Waals surface area contributed by atoms with Gasteiger partial charge in [0, 0.05) is 0 Å². The van der Waals surface area contributed by atoms with E-state index in [1.54, 1.807) is 5.57 Å². The zero-order valence-electron chi connectivity index (χ0n) is 19.0. The van der Waals surface area contributed by atoms with E-state index >= 15 is 0 Å². The lowest BCUT2D eigenvalue weighted by molar-refractivity contribution is 0.0929. The van der Waals surface area contributed by atoms with Crippen LogP contribution in [0.4, 0.5) is 0 Å². The van der Waals surface area contributed by atoms with Crippen molar-refractivity contribution in [3.63, 3.8) is 0 Å². The molecule has 3 fully saturated rings. The molecule has 3 aliphatic carbocycles. The fourth-order valence-electron chi connectivity index (χ4n) is 6.66. The van der Waals surface area contributed by atoms with E-state index in [1.165, 1.54) is 62.5 Å². The maximum absolute atomic E-state index is 10.0. The van der Waals surface area contributed by atoms with E-state index in [0.717, 1.165) is 42.9 Å². The summed E-state index contributed by atoms with van der Waals surface area (Å²) in [5, 5.41) is 10.0. The first-order valence-corrected chi connectivity index (χ1v) is 12.1. The molecule has 0 saturated heterocycles. The Morgan fingerprint density at radius 3 is 2.64 bits per heavy atom. The van der Waals surface area contributed by atoms with Crippen LogP contribution in [0, 0.1) is 29.1 Å². The molecule has 158 valence electrons. The molecule has 28 heavy (non-hydrogen) atoms. The molecule has 3 saturated carbocycles. The number of aliphatic hydroxyl groups excluding tert-OH is 1. The Morgan fingerprint density at radius 2 is 1.89 bits per heavy atom. The van der Waals surface area contributed by atoms with Crippen LogP contribution in [0.15, 0.2) is 35.5 Å². The third-order valence-electron chi connectivity index (χ3n) is 8.35. The monoisotopic (exact) mass is 384 g/mol. The molecule has 5 atom stereocenters. The smallest absolute Gasteiger partial charge is 0.0583 e. The maximum Gasteiger partial charge on any atom is 0.0583 e. The van der Waals surface area contributed by atoms with Crippen LogP contribution in [0.3, 0.4) is 0 Å². The topological polar surface area (TPSA) is 20.2 Å². The average molecular weight is 385 g/mol. The number of hydrogen-bond donors (Lipinski definition) is 1. The van der Waals surface area contributed by atoms with Gasteiger partial charge in [0.05, 0.1) is 6.10 Å². The highest BCUT2D eigenvalue weighted by atomic mass is 16.3. The molecule has 4 unspecified atom stereocenters. The van der Waals surface area contributed by atoms with Gasteiger partial charge >= 0.3 is 0 Å². The number of allylic oxidation sites excluding steroid dienone is 4. The molecule has 0 heterocycles. The van der Waals surface area contributed by atoms with Gasteiger partial charge in [-0.2, -0.15) is 0 Å². The molecule has 0 amide bonds. The first kappa shape index (κ1) is 21.9. The van der Waals surface area contributed by atoms with Crippen LogP contribution in [-0.4, -0.2) is 11.2 Å². The SMILES string of the molecule is C=C1CC[C@@H](O)CC1=CC=C1CCCC2(C)C1CCC2C(C)CCCC(C)C. The first-order valence-electron chi connectivity index (χ1n) is 12.1. The molecule has 1 N–H and O–H groups in total. The second-order valence-electron chi connectivity index (χ2n) is 10.8. The van der Waals surface area contributed by atoms with Crippen LogP contribution in [0.25, 0.3) is 0 Å². The summed E-state index contributed by atoms with van der Waals surface area (Å²) in [5.74, 6) is 3.37. The van der Waals surface area contributed by atoms with Crippen molar-refractivity contribution in [2.45, 2.75) is 104 Å². The second-order valence-corrected chi connectivity index (χ2v) is 10.8. The molecule has 1 nitrogen and oxygen atoms in total. The fraction of sp³-hybridized carbons (Fsp3) is 0.778. The summed E-state index contributed by atoms with van der Waals surface area (Å²) in [5.41, 5.74) is 4.72. The summed E-state index contributed by atoms with van der Waals surface area (Å²) in [6, 6.07) is 0. The molecule has 0 aromatic carbocycles. The Labute approximate surface area is 174 Å². The number of fused-ring (bicyclic) bond motifs is 1. The predicted molar refractivity (Wildman–Crippen MR) is 121 cm³/mol. The highest BCUT2D eigenvalue weighted by Crippen LogP contribution is 2.59. The maximum atomic E-state index is 10.0. The van der Waals surface area contributed by atoms with E-state index in [9.17, 15) is 5.11 Å². The van der Waals surface area contributed by atoms with Crippen molar-refractivity contribution < 1.29 is 5.11 Å². The van der Waals surface area contributed by atoms with Gasteiger partial charge in [0.25, 0.3) is 0 Å². The Kier molecular flexibility index (Phi) is 7.29. The van der Waals surface area contributed by atoms with Gasteiger partial charge in [-0.05, 0) is 86.0 Å². The number of hydrogen-bond acceptors (Lipinski definition) is 1. The van der Waals surface area contributed by atoms with E-state index in [4.69, 9.17) is 0 Å². The van der Waals surface area contributed by atoms with Crippen LogP contribution in [0.1, 0.15) is 98.3 Å². The van der Waals surface area contributed by atoms with Crippen LogP contribution in [-0.2, 0) is 0 Å². The molecule has 0 bridgehead atoms. The zero-order chi connectivity index (χ0) is 20.3. The Hall–Kier alpha value is -0.820. The summed E-state index contributed by atoms with van der Waals surface area (Å²) in [4.78, 5) is 0. The van der Waals surface area contributed by atoms with Gasteiger partial charge in [-0.15, -0.1) is 0 Å². The molecular weight excluding hydrogens is 340 g/mol. The summed E-state index contributed by atoms with van der Waals surface area (Å²) in [6.07, 6.45) is 18.2. The van der Waals surface area contributed by atoms with Crippen molar-refractivity contribution in [3.8, 4) is 0 Å². The van der Waals surface area contributed by atoms with E-state index in [0.29, 0.717) is 5.41 Å². The lowest BCUT2D eigenvalue weighted by Gasteiger charge is -2.44. The molecule has 0 aromatic heterocycles. The van der Waals surface area contributed by atoms with Crippen molar-refractivity contribution in [1.82, 2.24) is 0 Å². The van der Waals surface area contributed by atoms with Crippen molar-refractivity contribution >= 4 is 0 Å². The normalized spacial score (nSPS) is 37.6. The predicted octanol–water partition coefficient (Wildman–Crippen LogP) is 7.62. The summed E-state index contributed by atoms with van der Waals surface area (Å²) >= 11 is 0. The van der Waals surface area contributed by atoms with Gasteiger partial charge in [0.1, 0.15) is 0 Å². The number of aliphatic hydroxyl groups is 1. The molecule has 0 aliphatic heterocycles. The largest absolute Gasteiger partial charge is 0.393 e.